The number of carboxylic acid groups (broad SMARTS) is 1. The highest BCUT2D eigenvalue weighted by molar-refractivity contribution is 6.31. The molecular weight excluding hydrogens is 290 g/mol. The lowest BCUT2D eigenvalue weighted by molar-refractivity contribution is -0.139. The van der Waals surface area contributed by atoms with Crippen LogP contribution in [0.5, 0.6) is 0 Å². The van der Waals surface area contributed by atoms with Crippen molar-refractivity contribution in [3.8, 4) is 0 Å². The van der Waals surface area contributed by atoms with Gasteiger partial charge in [0.05, 0.1) is 0 Å². The number of carboxylic acids is 1. The SMILES string of the molecule is Cc1cc(Cl)cc(C(=O)N[C@H](C(=O)O)c2ccccc2)c1. The minimum atomic E-state index is -1.12. The summed E-state index contributed by atoms with van der Waals surface area (Å²) >= 11 is 5.91. The monoisotopic (exact) mass is 303 g/mol. The maximum absolute atomic E-state index is 12.2. The van der Waals surface area contributed by atoms with Crippen LogP contribution in [0.3, 0.4) is 0 Å². The molecule has 0 aromatic heterocycles. The molecule has 5 heteroatoms. The summed E-state index contributed by atoms with van der Waals surface area (Å²) in [7, 11) is 0. The molecule has 2 N–H and O–H groups in total. The molecule has 0 spiro atoms. The molecule has 108 valence electrons. The lowest BCUT2D eigenvalue weighted by atomic mass is 10.1. The number of aryl methyl sites for hydroxylation is 1. The van der Waals surface area contributed by atoms with Gasteiger partial charge in [-0.25, -0.2) is 4.79 Å². The Morgan fingerprint density at radius 1 is 1.14 bits per heavy atom. The van der Waals surface area contributed by atoms with E-state index in [-0.39, 0.29) is 0 Å². The molecule has 0 bridgehead atoms. The number of hydrogen-bond acceptors (Lipinski definition) is 2. The maximum atomic E-state index is 12.2. The van der Waals surface area contributed by atoms with Crippen LogP contribution in [0.2, 0.25) is 5.02 Å². The Balaban J connectivity index is 2.25. The standard InChI is InChI=1S/C16H14ClNO3/c1-10-7-12(9-13(17)8-10)15(19)18-14(16(20)21)11-5-3-2-4-6-11/h2-9,14H,1H3,(H,18,19)(H,20,21)/t14-/m0/s1. The second-order valence-electron chi connectivity index (χ2n) is 4.67. The van der Waals surface area contributed by atoms with Crippen LogP contribution in [0.4, 0.5) is 0 Å². The molecule has 1 atom stereocenters. The predicted molar refractivity (Wildman–Crippen MR) is 80.5 cm³/mol. The van der Waals surface area contributed by atoms with E-state index in [1.165, 1.54) is 6.07 Å². The fourth-order valence-corrected chi connectivity index (χ4v) is 2.30. The number of hydrogen-bond donors (Lipinski definition) is 2. The number of halogens is 1. The first-order valence-corrected chi connectivity index (χ1v) is 6.71. The molecule has 0 fully saturated rings. The lowest BCUT2D eigenvalue weighted by Gasteiger charge is -2.15. The first-order valence-electron chi connectivity index (χ1n) is 6.33. The zero-order chi connectivity index (χ0) is 15.4. The third-order valence-corrected chi connectivity index (χ3v) is 3.18. The predicted octanol–water partition coefficient (Wildman–Crippen LogP) is 3.20. The first kappa shape index (κ1) is 15.1. The highest BCUT2D eigenvalue weighted by Crippen LogP contribution is 2.17. The van der Waals surface area contributed by atoms with E-state index in [1.807, 2.05) is 6.92 Å². The van der Waals surface area contributed by atoms with Crippen molar-refractivity contribution in [2.24, 2.45) is 0 Å². The summed E-state index contributed by atoms with van der Waals surface area (Å²) < 4.78 is 0. The number of rotatable bonds is 4. The molecule has 0 heterocycles. The second-order valence-corrected chi connectivity index (χ2v) is 5.11. The van der Waals surface area contributed by atoms with Gasteiger partial charge >= 0.3 is 5.97 Å². The van der Waals surface area contributed by atoms with E-state index in [9.17, 15) is 14.7 Å². The Morgan fingerprint density at radius 3 is 2.38 bits per heavy atom. The number of benzene rings is 2. The molecule has 21 heavy (non-hydrogen) atoms. The molecule has 1 amide bonds. The summed E-state index contributed by atoms with van der Waals surface area (Å²) in [5.74, 6) is -1.59. The summed E-state index contributed by atoms with van der Waals surface area (Å²) in [4.78, 5) is 23.6. The Morgan fingerprint density at radius 2 is 1.81 bits per heavy atom. The minimum absolute atomic E-state index is 0.335. The smallest absolute Gasteiger partial charge is 0.330 e. The van der Waals surface area contributed by atoms with Crippen LogP contribution in [-0.2, 0) is 4.79 Å². The Kier molecular flexibility index (Phi) is 4.60. The van der Waals surface area contributed by atoms with Gasteiger partial charge in [0.15, 0.2) is 6.04 Å². The van der Waals surface area contributed by atoms with Gasteiger partial charge in [0.2, 0.25) is 0 Å². The summed E-state index contributed by atoms with van der Waals surface area (Å²) in [6.45, 7) is 1.81. The molecule has 0 radical (unpaired) electrons. The molecule has 0 unspecified atom stereocenters. The summed E-state index contributed by atoms with van der Waals surface area (Å²) in [6, 6.07) is 12.3. The van der Waals surface area contributed by atoms with Crippen molar-refractivity contribution in [2.45, 2.75) is 13.0 Å². The topological polar surface area (TPSA) is 66.4 Å². The zero-order valence-electron chi connectivity index (χ0n) is 11.3. The quantitative estimate of drug-likeness (QED) is 0.911. The van der Waals surface area contributed by atoms with E-state index in [1.54, 1.807) is 42.5 Å². The van der Waals surface area contributed by atoms with E-state index in [2.05, 4.69) is 5.32 Å². The number of aliphatic carboxylic acids is 1. The van der Waals surface area contributed by atoms with Gasteiger partial charge in [-0.2, -0.15) is 0 Å². The van der Waals surface area contributed by atoms with E-state index in [0.717, 1.165) is 5.56 Å². The fraction of sp³-hybridized carbons (Fsp3) is 0.125. The van der Waals surface area contributed by atoms with Crippen molar-refractivity contribution in [3.63, 3.8) is 0 Å². The number of amides is 1. The summed E-state index contributed by atoms with van der Waals surface area (Å²) in [5, 5.41) is 12.2. The largest absolute Gasteiger partial charge is 0.479 e. The average Bonchev–Trinajstić information content (AvgIpc) is 2.44. The Labute approximate surface area is 127 Å². The van der Waals surface area contributed by atoms with Crippen molar-refractivity contribution in [1.82, 2.24) is 5.32 Å². The number of carbonyl (C=O) groups is 2. The van der Waals surface area contributed by atoms with Crippen molar-refractivity contribution >= 4 is 23.5 Å². The molecule has 4 nitrogen and oxygen atoms in total. The summed E-state index contributed by atoms with van der Waals surface area (Å²) in [5.41, 5.74) is 1.68. The molecule has 2 aromatic carbocycles. The van der Waals surface area contributed by atoms with Gasteiger partial charge in [-0.15, -0.1) is 0 Å². The molecule has 0 aliphatic carbocycles. The fourth-order valence-electron chi connectivity index (χ4n) is 2.01. The molecule has 0 aliphatic rings. The Bertz CT molecular complexity index is 650. The van der Waals surface area contributed by atoms with Crippen molar-refractivity contribution in [2.75, 3.05) is 0 Å². The zero-order valence-corrected chi connectivity index (χ0v) is 12.1. The van der Waals surface area contributed by atoms with Gasteiger partial charge in [0.25, 0.3) is 5.91 Å². The molecule has 2 rings (SSSR count). The average molecular weight is 304 g/mol. The normalized spacial score (nSPS) is 11.7. The van der Waals surface area contributed by atoms with E-state index in [0.29, 0.717) is 16.1 Å². The van der Waals surface area contributed by atoms with Crippen LogP contribution in [0, 0.1) is 6.92 Å². The van der Waals surface area contributed by atoms with Crippen molar-refractivity contribution < 1.29 is 14.7 Å². The third-order valence-electron chi connectivity index (χ3n) is 2.96. The van der Waals surface area contributed by atoms with Crippen molar-refractivity contribution in [1.29, 1.82) is 0 Å². The van der Waals surface area contributed by atoms with E-state index in [4.69, 9.17) is 11.6 Å². The highest BCUT2D eigenvalue weighted by atomic mass is 35.5. The van der Waals surface area contributed by atoms with Crippen molar-refractivity contribution in [3.05, 3.63) is 70.2 Å². The third kappa shape index (κ3) is 3.83. The second kappa shape index (κ2) is 6.41. The van der Waals surface area contributed by atoms with Crippen LogP contribution in [-0.4, -0.2) is 17.0 Å². The van der Waals surface area contributed by atoms with Gasteiger partial charge in [0.1, 0.15) is 0 Å². The molecule has 2 aromatic rings. The molecular formula is C16H14ClNO3. The highest BCUT2D eigenvalue weighted by Gasteiger charge is 2.22. The first-order chi connectivity index (χ1) is 9.97. The van der Waals surface area contributed by atoms with Crippen LogP contribution in [0.25, 0.3) is 0 Å². The molecule has 0 aliphatic heterocycles. The van der Waals surface area contributed by atoms with Crippen LogP contribution in [0.15, 0.2) is 48.5 Å². The van der Waals surface area contributed by atoms with Gasteiger partial charge in [-0.1, -0.05) is 41.9 Å². The van der Waals surface area contributed by atoms with Gasteiger partial charge in [-0.3, -0.25) is 4.79 Å². The van der Waals surface area contributed by atoms with Gasteiger partial charge in [0, 0.05) is 10.6 Å². The van der Waals surface area contributed by atoms with E-state index < -0.39 is 17.9 Å². The van der Waals surface area contributed by atoms with E-state index >= 15 is 0 Å². The molecule has 0 saturated carbocycles. The van der Waals surface area contributed by atoms with Crippen LogP contribution in [0.1, 0.15) is 27.5 Å². The minimum Gasteiger partial charge on any atom is -0.479 e. The molecule has 0 saturated heterocycles. The summed E-state index contributed by atoms with van der Waals surface area (Å²) in [6.07, 6.45) is 0. The Hall–Kier alpha value is -2.33. The lowest BCUT2D eigenvalue weighted by Crippen LogP contribution is -2.33. The maximum Gasteiger partial charge on any atom is 0.330 e. The van der Waals surface area contributed by atoms with Gasteiger partial charge < -0.3 is 10.4 Å². The van der Waals surface area contributed by atoms with Crippen LogP contribution >= 0.6 is 11.6 Å². The number of nitrogens with one attached hydrogen (secondary N) is 1. The number of carbonyl (C=O) groups excluding carboxylic acids is 1. The van der Waals surface area contributed by atoms with Gasteiger partial charge in [-0.05, 0) is 36.2 Å². The van der Waals surface area contributed by atoms with Crippen LogP contribution < -0.4 is 5.32 Å².